The molecule has 1 amide bonds. The van der Waals surface area contributed by atoms with Crippen LogP contribution in [0.4, 0.5) is 5.69 Å². The van der Waals surface area contributed by atoms with Crippen molar-refractivity contribution in [3.8, 4) is 0 Å². The van der Waals surface area contributed by atoms with E-state index in [-0.39, 0.29) is 10.7 Å². The van der Waals surface area contributed by atoms with Gasteiger partial charge in [0.1, 0.15) is 0 Å². The Morgan fingerprint density at radius 1 is 1.38 bits per heavy atom. The van der Waals surface area contributed by atoms with Crippen LogP contribution in [0.25, 0.3) is 0 Å². The van der Waals surface area contributed by atoms with Crippen molar-refractivity contribution >= 4 is 40.8 Å². The molecule has 0 saturated carbocycles. The molecule has 0 spiro atoms. The molecule has 1 aromatic rings. The van der Waals surface area contributed by atoms with E-state index in [0.717, 1.165) is 0 Å². The molecule has 1 unspecified atom stereocenters. The summed E-state index contributed by atoms with van der Waals surface area (Å²) in [6.07, 6.45) is 0. The average molecular weight is 263 g/mol. The zero-order chi connectivity index (χ0) is 12.3. The normalized spacial score (nSPS) is 11.9. The van der Waals surface area contributed by atoms with E-state index in [1.807, 2.05) is 0 Å². The lowest BCUT2D eigenvalue weighted by atomic mass is 10.2. The molecule has 0 aliphatic carbocycles. The number of nitrogens with one attached hydrogen (secondary N) is 1. The minimum atomic E-state index is -1.64. The highest BCUT2D eigenvalue weighted by atomic mass is 35.5. The number of carboxylic acids is 1. The number of hydrogen-bond donors (Lipinski definition) is 3. The van der Waals surface area contributed by atoms with E-state index < -0.39 is 17.9 Å². The van der Waals surface area contributed by atoms with Gasteiger partial charge in [-0.1, -0.05) is 23.2 Å². The summed E-state index contributed by atoms with van der Waals surface area (Å²) in [5, 5.41) is 11.4. The Labute approximate surface area is 101 Å². The summed E-state index contributed by atoms with van der Waals surface area (Å²) >= 11 is 11.4. The number of nitrogens with two attached hydrogens (primary N) is 1. The van der Waals surface area contributed by atoms with Gasteiger partial charge in [-0.2, -0.15) is 0 Å². The van der Waals surface area contributed by atoms with Crippen LogP contribution in [0.15, 0.2) is 18.2 Å². The number of benzene rings is 1. The van der Waals surface area contributed by atoms with Crippen LogP contribution in [0.1, 0.15) is 0 Å². The Morgan fingerprint density at radius 3 is 2.56 bits per heavy atom. The number of halogens is 2. The third-order valence-electron chi connectivity index (χ3n) is 1.73. The van der Waals surface area contributed by atoms with E-state index in [2.05, 4.69) is 5.32 Å². The van der Waals surface area contributed by atoms with E-state index in [1.54, 1.807) is 0 Å². The van der Waals surface area contributed by atoms with E-state index in [4.69, 9.17) is 34.0 Å². The summed E-state index contributed by atoms with van der Waals surface area (Å²) in [6.45, 7) is 0. The molecule has 0 radical (unpaired) electrons. The molecule has 5 nitrogen and oxygen atoms in total. The van der Waals surface area contributed by atoms with E-state index in [9.17, 15) is 9.59 Å². The minimum absolute atomic E-state index is 0.218. The molecular formula is C9H8Cl2N2O3. The van der Waals surface area contributed by atoms with Crippen LogP contribution in [0.2, 0.25) is 10.0 Å². The highest BCUT2D eigenvalue weighted by Gasteiger charge is 2.21. The van der Waals surface area contributed by atoms with Gasteiger partial charge < -0.3 is 16.2 Å². The third-order valence-corrected chi connectivity index (χ3v) is 2.30. The Morgan fingerprint density at radius 2 is 2.00 bits per heavy atom. The van der Waals surface area contributed by atoms with Crippen molar-refractivity contribution in [1.29, 1.82) is 0 Å². The van der Waals surface area contributed by atoms with Crippen LogP contribution >= 0.6 is 23.2 Å². The number of hydrogen-bond acceptors (Lipinski definition) is 3. The second kappa shape index (κ2) is 5.16. The van der Waals surface area contributed by atoms with Gasteiger partial charge in [-0.15, -0.1) is 0 Å². The molecule has 7 heteroatoms. The minimum Gasteiger partial charge on any atom is -0.480 e. The second-order valence-corrected chi connectivity index (χ2v) is 3.77. The number of carbonyl (C=O) groups excluding carboxylic acids is 1. The van der Waals surface area contributed by atoms with Gasteiger partial charge in [0, 0.05) is 5.02 Å². The molecule has 1 aromatic carbocycles. The van der Waals surface area contributed by atoms with Gasteiger partial charge in [0.15, 0.2) is 6.04 Å². The first-order chi connectivity index (χ1) is 7.41. The topological polar surface area (TPSA) is 92.4 Å². The summed E-state index contributed by atoms with van der Waals surface area (Å²) < 4.78 is 0. The summed E-state index contributed by atoms with van der Waals surface area (Å²) in [4.78, 5) is 21.7. The maximum absolute atomic E-state index is 11.3. The zero-order valence-corrected chi connectivity index (χ0v) is 9.42. The van der Waals surface area contributed by atoms with Crippen molar-refractivity contribution in [3.63, 3.8) is 0 Å². The standard InChI is InChI=1S/C9H8Cl2N2O3/c10-4-1-2-5(11)6(3-4)13-8(14)7(12)9(15)16/h1-3,7H,12H2,(H,13,14)(H,15,16). The molecule has 4 N–H and O–H groups in total. The number of carbonyl (C=O) groups is 2. The fraction of sp³-hybridized carbons (Fsp3) is 0.111. The lowest BCUT2D eigenvalue weighted by molar-refractivity contribution is -0.141. The number of amides is 1. The van der Waals surface area contributed by atoms with Crippen molar-refractivity contribution in [2.75, 3.05) is 5.32 Å². The summed E-state index contributed by atoms with van der Waals surface area (Å²) in [5.41, 5.74) is 5.33. The van der Waals surface area contributed by atoms with E-state index in [0.29, 0.717) is 5.02 Å². The third kappa shape index (κ3) is 3.10. The van der Waals surface area contributed by atoms with Crippen LogP contribution in [-0.4, -0.2) is 23.0 Å². The number of anilines is 1. The number of carboxylic acid groups (broad SMARTS) is 1. The van der Waals surface area contributed by atoms with Crippen LogP contribution in [-0.2, 0) is 9.59 Å². The summed E-state index contributed by atoms with van der Waals surface area (Å²) in [6, 6.07) is 2.77. The maximum Gasteiger partial charge on any atom is 0.330 e. The van der Waals surface area contributed by atoms with Crippen LogP contribution in [0.5, 0.6) is 0 Å². The quantitative estimate of drug-likeness (QED) is 0.717. The molecule has 0 saturated heterocycles. The van der Waals surface area contributed by atoms with Crippen molar-refractivity contribution in [2.24, 2.45) is 5.73 Å². The molecule has 0 aromatic heterocycles. The average Bonchev–Trinajstić information content (AvgIpc) is 2.22. The van der Waals surface area contributed by atoms with Crippen molar-refractivity contribution < 1.29 is 14.7 Å². The lowest BCUT2D eigenvalue weighted by Gasteiger charge is -2.09. The van der Waals surface area contributed by atoms with Gasteiger partial charge in [0.2, 0.25) is 0 Å². The monoisotopic (exact) mass is 262 g/mol. The van der Waals surface area contributed by atoms with Gasteiger partial charge >= 0.3 is 5.97 Å². The van der Waals surface area contributed by atoms with Gasteiger partial charge in [0.05, 0.1) is 10.7 Å². The molecule has 16 heavy (non-hydrogen) atoms. The first kappa shape index (κ1) is 12.8. The molecule has 0 aliphatic rings. The molecule has 0 aliphatic heterocycles. The van der Waals surface area contributed by atoms with Gasteiger partial charge in [-0.25, -0.2) is 4.79 Å². The number of rotatable bonds is 3. The van der Waals surface area contributed by atoms with Gasteiger partial charge in [0.25, 0.3) is 5.91 Å². The van der Waals surface area contributed by atoms with Crippen molar-refractivity contribution in [2.45, 2.75) is 6.04 Å². The van der Waals surface area contributed by atoms with Crippen molar-refractivity contribution in [1.82, 2.24) is 0 Å². The van der Waals surface area contributed by atoms with Crippen LogP contribution in [0, 0.1) is 0 Å². The van der Waals surface area contributed by atoms with Crippen LogP contribution < -0.4 is 11.1 Å². The van der Waals surface area contributed by atoms with Gasteiger partial charge in [-0.3, -0.25) is 4.79 Å². The highest BCUT2D eigenvalue weighted by molar-refractivity contribution is 6.35. The fourth-order valence-electron chi connectivity index (χ4n) is 0.916. The molecule has 0 fully saturated rings. The van der Waals surface area contributed by atoms with Crippen LogP contribution in [0.3, 0.4) is 0 Å². The fourth-order valence-corrected chi connectivity index (χ4v) is 1.25. The Hall–Kier alpha value is -1.30. The highest BCUT2D eigenvalue weighted by Crippen LogP contribution is 2.25. The maximum atomic E-state index is 11.3. The first-order valence-electron chi connectivity index (χ1n) is 4.16. The SMILES string of the molecule is NC(C(=O)O)C(=O)Nc1cc(Cl)ccc1Cl. The summed E-state index contributed by atoms with van der Waals surface area (Å²) in [5.74, 6) is -2.28. The Kier molecular flexibility index (Phi) is 4.12. The molecular weight excluding hydrogens is 255 g/mol. The molecule has 0 heterocycles. The van der Waals surface area contributed by atoms with E-state index in [1.165, 1.54) is 18.2 Å². The predicted octanol–water partition coefficient (Wildman–Crippen LogP) is 1.34. The Balaban J connectivity index is 2.84. The number of aliphatic carboxylic acids is 1. The molecule has 1 rings (SSSR count). The smallest absolute Gasteiger partial charge is 0.330 e. The molecule has 1 atom stereocenters. The lowest BCUT2D eigenvalue weighted by Crippen LogP contribution is -2.42. The molecule has 0 bridgehead atoms. The van der Waals surface area contributed by atoms with E-state index >= 15 is 0 Å². The first-order valence-corrected chi connectivity index (χ1v) is 4.91. The zero-order valence-electron chi connectivity index (χ0n) is 7.91. The summed E-state index contributed by atoms with van der Waals surface area (Å²) in [7, 11) is 0. The Bertz CT molecular complexity index is 437. The van der Waals surface area contributed by atoms with Crippen molar-refractivity contribution in [3.05, 3.63) is 28.2 Å². The molecule has 86 valence electrons. The predicted molar refractivity (Wildman–Crippen MR) is 60.7 cm³/mol. The second-order valence-electron chi connectivity index (χ2n) is 2.93. The van der Waals surface area contributed by atoms with Gasteiger partial charge in [-0.05, 0) is 18.2 Å². The largest absolute Gasteiger partial charge is 0.480 e.